The van der Waals surface area contributed by atoms with Crippen molar-refractivity contribution in [1.82, 2.24) is 4.98 Å². The molecule has 1 heterocycles. The molecule has 0 radical (unpaired) electrons. The molecule has 33 heavy (non-hydrogen) atoms. The molecule has 0 spiro atoms. The lowest BCUT2D eigenvalue weighted by atomic mass is 9.87. The highest BCUT2D eigenvalue weighted by Crippen LogP contribution is 2.35. The predicted octanol–water partition coefficient (Wildman–Crippen LogP) is 6.28. The zero-order valence-electron chi connectivity index (χ0n) is 18.3. The molecule has 0 saturated carbocycles. The second kappa shape index (κ2) is 8.24. The Morgan fingerprint density at radius 2 is 1.70 bits per heavy atom. The quantitative estimate of drug-likeness (QED) is 0.311. The Kier molecular flexibility index (Phi) is 5.72. The Bertz CT molecular complexity index is 1470. The molecule has 0 fully saturated rings. The van der Waals surface area contributed by atoms with E-state index < -0.39 is 16.0 Å². The van der Waals surface area contributed by atoms with Crippen molar-refractivity contribution in [2.24, 2.45) is 0 Å². The number of hydrogen-bond acceptors (Lipinski definition) is 3. The van der Waals surface area contributed by atoms with Crippen LogP contribution in [0.3, 0.4) is 0 Å². The number of halogens is 1. The molecule has 0 amide bonds. The third-order valence-corrected chi connectivity index (χ3v) is 7.04. The summed E-state index contributed by atoms with van der Waals surface area (Å²) in [6.45, 7) is 6.18. The molecule has 170 valence electrons. The minimum atomic E-state index is -3.84. The van der Waals surface area contributed by atoms with Gasteiger partial charge in [-0.1, -0.05) is 56.6 Å². The monoisotopic (exact) mass is 482 g/mol. The summed E-state index contributed by atoms with van der Waals surface area (Å²) in [5.74, 6) is -1.12. The van der Waals surface area contributed by atoms with Crippen LogP contribution in [0.15, 0.2) is 71.6 Å². The molecule has 6 nitrogen and oxygen atoms in total. The number of aromatic amines is 1. The molecule has 3 N–H and O–H groups in total. The molecule has 1 aromatic heterocycles. The molecular weight excluding hydrogens is 460 g/mol. The number of carboxylic acids is 1. The van der Waals surface area contributed by atoms with Crippen molar-refractivity contribution >= 4 is 44.2 Å². The van der Waals surface area contributed by atoms with E-state index in [4.69, 9.17) is 11.6 Å². The van der Waals surface area contributed by atoms with Crippen molar-refractivity contribution < 1.29 is 18.3 Å². The van der Waals surface area contributed by atoms with Crippen molar-refractivity contribution in [2.45, 2.75) is 31.1 Å². The number of fused-ring (bicyclic) bond motifs is 1. The van der Waals surface area contributed by atoms with Crippen LogP contribution in [0.5, 0.6) is 0 Å². The first-order valence-corrected chi connectivity index (χ1v) is 12.1. The Hall–Kier alpha value is -3.29. The first-order valence-electron chi connectivity index (χ1n) is 10.2. The minimum Gasteiger partial charge on any atom is -0.477 e. The van der Waals surface area contributed by atoms with E-state index >= 15 is 0 Å². The van der Waals surface area contributed by atoms with Gasteiger partial charge in [-0.3, -0.25) is 4.72 Å². The highest BCUT2D eigenvalue weighted by atomic mass is 35.5. The van der Waals surface area contributed by atoms with Gasteiger partial charge in [0.15, 0.2) is 0 Å². The number of sulfonamides is 1. The lowest BCUT2D eigenvalue weighted by molar-refractivity contribution is 0.0692. The SMILES string of the molecule is CC(C)(C)c1ccc(S(=O)(=O)Nc2ccc3[nH]c(C(=O)O)c(-c4cccc(Cl)c4)c3c2)cc1. The van der Waals surface area contributed by atoms with Crippen molar-refractivity contribution in [1.29, 1.82) is 0 Å². The van der Waals surface area contributed by atoms with Crippen molar-refractivity contribution in [3.63, 3.8) is 0 Å². The molecule has 3 aromatic carbocycles. The molecule has 0 unspecified atom stereocenters. The van der Waals surface area contributed by atoms with Crippen LogP contribution in [0.2, 0.25) is 5.02 Å². The summed E-state index contributed by atoms with van der Waals surface area (Å²) in [5, 5.41) is 10.7. The van der Waals surface area contributed by atoms with Crippen molar-refractivity contribution in [3.8, 4) is 11.1 Å². The standard InChI is InChI=1S/C25H23ClN2O4S/c1-25(2,3)16-7-10-19(11-8-16)33(31,32)28-18-9-12-21-20(14-18)22(23(27-21)24(29)30)15-5-4-6-17(26)13-15/h4-14,27-28H,1-3H3,(H,29,30). The van der Waals surface area contributed by atoms with Crippen molar-refractivity contribution in [3.05, 3.63) is 83.0 Å². The van der Waals surface area contributed by atoms with E-state index in [2.05, 4.69) is 30.5 Å². The summed E-state index contributed by atoms with van der Waals surface area (Å²) >= 11 is 6.12. The van der Waals surface area contributed by atoms with E-state index in [-0.39, 0.29) is 16.0 Å². The Labute approximate surface area is 197 Å². The number of aromatic carboxylic acids is 1. The van der Waals surface area contributed by atoms with E-state index in [0.29, 0.717) is 32.7 Å². The third-order valence-electron chi connectivity index (χ3n) is 5.41. The van der Waals surface area contributed by atoms with Crippen LogP contribution in [0.4, 0.5) is 5.69 Å². The van der Waals surface area contributed by atoms with Crippen LogP contribution >= 0.6 is 11.6 Å². The average Bonchev–Trinajstić information content (AvgIpc) is 3.12. The minimum absolute atomic E-state index is 0.00467. The number of H-pyrrole nitrogens is 1. The first-order chi connectivity index (χ1) is 15.5. The molecule has 8 heteroatoms. The zero-order valence-corrected chi connectivity index (χ0v) is 19.9. The molecule has 0 aliphatic rings. The lowest BCUT2D eigenvalue weighted by Crippen LogP contribution is -2.14. The maximum atomic E-state index is 13.0. The fraction of sp³-hybridized carbons (Fsp3) is 0.160. The van der Waals surface area contributed by atoms with E-state index in [0.717, 1.165) is 5.56 Å². The van der Waals surface area contributed by atoms with E-state index in [1.165, 1.54) is 0 Å². The van der Waals surface area contributed by atoms with Crippen LogP contribution in [-0.4, -0.2) is 24.5 Å². The van der Waals surface area contributed by atoms with Crippen LogP contribution in [-0.2, 0) is 15.4 Å². The maximum absolute atomic E-state index is 13.0. The summed E-state index contributed by atoms with van der Waals surface area (Å²) < 4.78 is 28.6. The van der Waals surface area contributed by atoms with Gasteiger partial charge in [-0.25, -0.2) is 13.2 Å². The van der Waals surface area contributed by atoms with E-state index in [1.54, 1.807) is 66.7 Å². The average molecular weight is 483 g/mol. The van der Waals surface area contributed by atoms with Crippen LogP contribution in [0, 0.1) is 0 Å². The summed E-state index contributed by atoms with van der Waals surface area (Å²) in [7, 11) is -3.84. The lowest BCUT2D eigenvalue weighted by Gasteiger charge is -2.19. The summed E-state index contributed by atoms with van der Waals surface area (Å²) in [6.07, 6.45) is 0. The Balaban J connectivity index is 1.76. The van der Waals surface area contributed by atoms with Gasteiger partial charge >= 0.3 is 5.97 Å². The summed E-state index contributed by atoms with van der Waals surface area (Å²) in [4.78, 5) is 14.9. The van der Waals surface area contributed by atoms with Gasteiger partial charge in [-0.05, 0) is 59.0 Å². The van der Waals surface area contributed by atoms with Gasteiger partial charge in [-0.2, -0.15) is 0 Å². The maximum Gasteiger partial charge on any atom is 0.352 e. The van der Waals surface area contributed by atoms with Crippen LogP contribution in [0.1, 0.15) is 36.8 Å². The van der Waals surface area contributed by atoms with Crippen LogP contribution < -0.4 is 4.72 Å². The molecule has 0 aliphatic carbocycles. The number of carboxylic acid groups (broad SMARTS) is 1. The number of anilines is 1. The highest BCUT2D eigenvalue weighted by Gasteiger charge is 2.21. The Morgan fingerprint density at radius 1 is 1.00 bits per heavy atom. The van der Waals surface area contributed by atoms with Crippen LogP contribution in [0.25, 0.3) is 22.0 Å². The van der Waals surface area contributed by atoms with E-state index in [9.17, 15) is 18.3 Å². The normalized spacial score (nSPS) is 12.1. The smallest absolute Gasteiger partial charge is 0.352 e. The fourth-order valence-electron chi connectivity index (χ4n) is 3.71. The number of nitrogens with one attached hydrogen (secondary N) is 2. The summed E-state index contributed by atoms with van der Waals surface area (Å²) in [5.41, 5.74) is 2.89. The van der Waals surface area contributed by atoms with Gasteiger partial charge in [0.05, 0.1) is 4.90 Å². The molecule has 4 aromatic rings. The van der Waals surface area contributed by atoms with Gasteiger partial charge in [0.1, 0.15) is 5.69 Å². The largest absolute Gasteiger partial charge is 0.477 e. The van der Waals surface area contributed by atoms with Gasteiger partial charge in [-0.15, -0.1) is 0 Å². The topological polar surface area (TPSA) is 99.3 Å². The molecule has 0 saturated heterocycles. The number of rotatable bonds is 5. The van der Waals surface area contributed by atoms with Gasteiger partial charge in [0.25, 0.3) is 10.0 Å². The van der Waals surface area contributed by atoms with Gasteiger partial charge in [0, 0.05) is 27.2 Å². The Morgan fingerprint density at radius 3 is 2.30 bits per heavy atom. The third kappa shape index (κ3) is 4.60. The second-order valence-corrected chi connectivity index (χ2v) is 10.9. The molecule has 4 rings (SSSR count). The van der Waals surface area contributed by atoms with Gasteiger partial charge in [0.2, 0.25) is 0 Å². The summed E-state index contributed by atoms with van der Waals surface area (Å²) in [6, 6.07) is 18.5. The first kappa shape index (κ1) is 22.9. The zero-order chi connectivity index (χ0) is 24.0. The second-order valence-electron chi connectivity index (χ2n) is 8.83. The molecule has 0 bridgehead atoms. The number of aromatic nitrogens is 1. The molecule has 0 atom stereocenters. The van der Waals surface area contributed by atoms with Crippen molar-refractivity contribution in [2.75, 3.05) is 4.72 Å². The number of benzene rings is 3. The number of hydrogen-bond donors (Lipinski definition) is 3. The van der Waals surface area contributed by atoms with Gasteiger partial charge < -0.3 is 10.1 Å². The molecular formula is C25H23ClN2O4S. The number of carbonyl (C=O) groups is 1. The molecule has 0 aliphatic heterocycles. The predicted molar refractivity (Wildman–Crippen MR) is 132 cm³/mol. The van der Waals surface area contributed by atoms with E-state index in [1.807, 2.05) is 0 Å². The fourth-order valence-corrected chi connectivity index (χ4v) is 4.95. The highest BCUT2D eigenvalue weighted by molar-refractivity contribution is 7.92.